The summed E-state index contributed by atoms with van der Waals surface area (Å²) in [5, 5.41) is 2.38. The normalized spacial score (nSPS) is 11.9. The molecule has 0 heterocycles. The third kappa shape index (κ3) is 6.28. The van der Waals surface area contributed by atoms with Crippen LogP contribution in [0.25, 0.3) is 10.8 Å². The highest BCUT2D eigenvalue weighted by atomic mass is 35.5. The second-order valence-electron chi connectivity index (χ2n) is 7.32. The molecule has 3 rings (SSSR count). The third-order valence-corrected chi connectivity index (χ3v) is 4.92. The minimum atomic E-state index is -0.419. The molecule has 3 aromatic rings. The number of halogens is 2. The van der Waals surface area contributed by atoms with E-state index in [-0.39, 0.29) is 24.1 Å². The van der Waals surface area contributed by atoms with Gasteiger partial charge in [0.25, 0.3) is 0 Å². The lowest BCUT2D eigenvalue weighted by Gasteiger charge is -2.20. The third-order valence-electron chi connectivity index (χ3n) is 4.92. The van der Waals surface area contributed by atoms with Crippen molar-refractivity contribution in [1.29, 1.82) is 0 Å². The summed E-state index contributed by atoms with van der Waals surface area (Å²) in [5.41, 5.74) is 1.56. The van der Waals surface area contributed by atoms with E-state index < -0.39 is 5.97 Å². The highest BCUT2D eigenvalue weighted by Crippen LogP contribution is 2.29. The van der Waals surface area contributed by atoms with Crippen molar-refractivity contribution in [3.05, 3.63) is 83.7 Å². The number of carbonyl (C=O) groups excluding carboxylic acids is 1. The monoisotopic (exact) mass is 415 g/mol. The van der Waals surface area contributed by atoms with Crippen LogP contribution in [-0.4, -0.2) is 38.1 Å². The molecule has 29 heavy (non-hydrogen) atoms. The van der Waals surface area contributed by atoms with E-state index >= 15 is 0 Å². The van der Waals surface area contributed by atoms with Crippen LogP contribution in [0.1, 0.15) is 34.7 Å². The molecule has 0 spiro atoms. The standard InChI is InChI=1S/C24H26FNO2.ClH/c1-26(2)16-6-9-20(17-28-24(27)19-12-14-21(25)15-13-19)23-11-5-8-18-7-3-4-10-22(18)23;/h3-5,7-8,10-15,20H,6,9,16-17H2,1-2H3;1H. The molecule has 0 bridgehead atoms. The lowest BCUT2D eigenvalue weighted by atomic mass is 9.90. The van der Waals surface area contributed by atoms with Gasteiger partial charge in [0.2, 0.25) is 0 Å². The smallest absolute Gasteiger partial charge is 0.338 e. The van der Waals surface area contributed by atoms with Crippen LogP contribution in [0.15, 0.2) is 66.7 Å². The fourth-order valence-electron chi connectivity index (χ4n) is 3.43. The number of nitrogens with zero attached hydrogens (tertiary/aromatic N) is 1. The van der Waals surface area contributed by atoms with Crippen molar-refractivity contribution in [1.82, 2.24) is 4.90 Å². The largest absolute Gasteiger partial charge is 0.461 e. The Balaban J connectivity index is 0.00000300. The maximum atomic E-state index is 13.1. The molecule has 3 aromatic carbocycles. The zero-order valence-corrected chi connectivity index (χ0v) is 17.6. The van der Waals surface area contributed by atoms with Gasteiger partial charge in [-0.05, 0) is 74.1 Å². The predicted molar refractivity (Wildman–Crippen MR) is 118 cm³/mol. The number of fused-ring (bicyclic) bond motifs is 1. The van der Waals surface area contributed by atoms with E-state index in [0.29, 0.717) is 12.2 Å². The summed E-state index contributed by atoms with van der Waals surface area (Å²) in [7, 11) is 4.11. The van der Waals surface area contributed by atoms with Gasteiger partial charge in [-0.25, -0.2) is 9.18 Å². The molecule has 0 aliphatic heterocycles. The molecular weight excluding hydrogens is 389 g/mol. The Morgan fingerprint density at radius 1 is 1.00 bits per heavy atom. The molecular formula is C24H27ClFNO2. The topological polar surface area (TPSA) is 29.5 Å². The molecule has 0 N–H and O–H groups in total. The molecule has 0 amide bonds. The minimum Gasteiger partial charge on any atom is -0.461 e. The van der Waals surface area contributed by atoms with E-state index in [9.17, 15) is 9.18 Å². The van der Waals surface area contributed by atoms with Crippen LogP contribution in [0.2, 0.25) is 0 Å². The first-order valence-electron chi connectivity index (χ1n) is 9.59. The lowest BCUT2D eigenvalue weighted by Crippen LogP contribution is -2.17. The first-order chi connectivity index (χ1) is 13.5. The van der Waals surface area contributed by atoms with Crippen molar-refractivity contribution in [2.45, 2.75) is 18.8 Å². The molecule has 0 aromatic heterocycles. The minimum absolute atomic E-state index is 0. The molecule has 3 nitrogen and oxygen atoms in total. The Hall–Kier alpha value is -2.43. The molecule has 154 valence electrons. The lowest BCUT2D eigenvalue weighted by molar-refractivity contribution is 0.0474. The number of rotatable bonds is 8. The predicted octanol–water partition coefficient (Wildman–Crippen LogP) is 5.68. The number of esters is 1. The van der Waals surface area contributed by atoms with E-state index in [1.165, 1.54) is 40.6 Å². The van der Waals surface area contributed by atoms with E-state index in [1.54, 1.807) is 0 Å². The highest BCUT2D eigenvalue weighted by molar-refractivity contribution is 5.89. The van der Waals surface area contributed by atoms with Gasteiger partial charge in [-0.15, -0.1) is 12.4 Å². The quantitative estimate of drug-likeness (QED) is 0.443. The summed E-state index contributed by atoms with van der Waals surface area (Å²) in [5.74, 6) is -0.679. The number of hydrogen-bond donors (Lipinski definition) is 0. The molecule has 0 fully saturated rings. The molecule has 0 saturated carbocycles. The van der Waals surface area contributed by atoms with Crippen molar-refractivity contribution in [2.75, 3.05) is 27.2 Å². The summed E-state index contributed by atoms with van der Waals surface area (Å²) >= 11 is 0. The zero-order valence-electron chi connectivity index (χ0n) is 16.8. The average molecular weight is 416 g/mol. The van der Waals surface area contributed by atoms with E-state index in [4.69, 9.17) is 4.74 Å². The fourth-order valence-corrected chi connectivity index (χ4v) is 3.43. The van der Waals surface area contributed by atoms with Crippen LogP contribution in [-0.2, 0) is 4.74 Å². The molecule has 1 unspecified atom stereocenters. The van der Waals surface area contributed by atoms with Gasteiger partial charge in [0, 0.05) is 5.92 Å². The van der Waals surface area contributed by atoms with Crippen molar-refractivity contribution < 1.29 is 13.9 Å². The van der Waals surface area contributed by atoms with Gasteiger partial charge < -0.3 is 9.64 Å². The summed E-state index contributed by atoms with van der Waals surface area (Å²) in [6, 6.07) is 20.0. The van der Waals surface area contributed by atoms with Gasteiger partial charge >= 0.3 is 5.97 Å². The van der Waals surface area contributed by atoms with Crippen LogP contribution in [0.4, 0.5) is 4.39 Å². The SMILES string of the molecule is CN(C)CCCC(COC(=O)c1ccc(F)cc1)c1cccc2ccccc12.Cl. The molecule has 0 saturated heterocycles. The van der Waals surface area contributed by atoms with Crippen molar-refractivity contribution in [3.63, 3.8) is 0 Å². The van der Waals surface area contributed by atoms with Gasteiger partial charge in [-0.2, -0.15) is 0 Å². The number of hydrogen-bond acceptors (Lipinski definition) is 3. The van der Waals surface area contributed by atoms with Crippen LogP contribution >= 0.6 is 12.4 Å². The second kappa shape index (κ2) is 10.9. The maximum absolute atomic E-state index is 13.1. The van der Waals surface area contributed by atoms with E-state index in [1.807, 2.05) is 12.1 Å². The van der Waals surface area contributed by atoms with Gasteiger partial charge in [-0.1, -0.05) is 42.5 Å². The maximum Gasteiger partial charge on any atom is 0.338 e. The highest BCUT2D eigenvalue weighted by Gasteiger charge is 2.18. The van der Waals surface area contributed by atoms with Gasteiger partial charge in [0.15, 0.2) is 0 Å². The molecule has 0 aliphatic carbocycles. The van der Waals surface area contributed by atoms with Gasteiger partial charge in [0.1, 0.15) is 5.82 Å². The molecule has 0 radical (unpaired) electrons. The van der Waals surface area contributed by atoms with Crippen LogP contribution in [0, 0.1) is 5.82 Å². The number of ether oxygens (including phenoxy) is 1. The summed E-state index contributed by atoms with van der Waals surface area (Å²) in [6.07, 6.45) is 1.93. The molecule has 1 atom stereocenters. The number of benzene rings is 3. The Bertz CT molecular complexity index is 922. The van der Waals surface area contributed by atoms with Gasteiger partial charge in [0.05, 0.1) is 12.2 Å². The Morgan fingerprint density at radius 2 is 1.69 bits per heavy atom. The van der Waals surface area contributed by atoms with E-state index in [2.05, 4.69) is 49.3 Å². The first kappa shape index (κ1) is 22.9. The summed E-state index contributed by atoms with van der Waals surface area (Å²) in [4.78, 5) is 14.5. The fraction of sp³-hybridized carbons (Fsp3) is 0.292. The molecule has 0 aliphatic rings. The van der Waals surface area contributed by atoms with Crippen LogP contribution < -0.4 is 0 Å². The Morgan fingerprint density at radius 3 is 2.41 bits per heavy atom. The summed E-state index contributed by atoms with van der Waals surface area (Å²) < 4.78 is 18.7. The average Bonchev–Trinajstić information content (AvgIpc) is 2.70. The van der Waals surface area contributed by atoms with Crippen LogP contribution in [0.5, 0.6) is 0 Å². The van der Waals surface area contributed by atoms with Crippen molar-refractivity contribution in [2.24, 2.45) is 0 Å². The second-order valence-corrected chi connectivity index (χ2v) is 7.32. The first-order valence-corrected chi connectivity index (χ1v) is 9.59. The van der Waals surface area contributed by atoms with Gasteiger partial charge in [-0.3, -0.25) is 0 Å². The van der Waals surface area contributed by atoms with Crippen LogP contribution in [0.3, 0.4) is 0 Å². The van der Waals surface area contributed by atoms with Crippen molar-refractivity contribution >= 4 is 29.1 Å². The van der Waals surface area contributed by atoms with Crippen molar-refractivity contribution in [3.8, 4) is 0 Å². The Kier molecular flexibility index (Phi) is 8.62. The van der Waals surface area contributed by atoms with E-state index in [0.717, 1.165) is 19.4 Å². The molecule has 5 heteroatoms. The zero-order chi connectivity index (χ0) is 19.9. The summed E-state index contributed by atoms with van der Waals surface area (Å²) in [6.45, 7) is 1.28. The Labute approximate surface area is 177 Å². The number of carbonyl (C=O) groups is 1.